The summed E-state index contributed by atoms with van der Waals surface area (Å²) in [7, 11) is 0. The second kappa shape index (κ2) is 5.50. The molecule has 0 fully saturated rings. The first kappa shape index (κ1) is 14.5. The lowest BCUT2D eigenvalue weighted by Crippen LogP contribution is -2.11. The molecule has 3 heterocycles. The Morgan fingerprint density at radius 3 is 2.83 bits per heavy atom. The average Bonchev–Trinajstić information content (AvgIpc) is 3.22. The van der Waals surface area contributed by atoms with E-state index < -0.39 is 5.91 Å². The van der Waals surface area contributed by atoms with E-state index in [0.29, 0.717) is 21.8 Å². The molecule has 0 spiro atoms. The van der Waals surface area contributed by atoms with Crippen molar-refractivity contribution in [1.82, 2.24) is 19.7 Å². The van der Waals surface area contributed by atoms with Gasteiger partial charge in [-0.05, 0) is 18.2 Å². The first-order chi connectivity index (χ1) is 11.6. The number of H-pyrrole nitrogens is 1. The minimum absolute atomic E-state index is 0.309. The molecule has 1 amide bonds. The van der Waals surface area contributed by atoms with Crippen molar-refractivity contribution in [2.24, 2.45) is 5.73 Å². The molecule has 7 heteroatoms. The number of benzene rings is 1. The Bertz CT molecular complexity index is 1070. The fourth-order valence-electron chi connectivity index (χ4n) is 2.68. The van der Waals surface area contributed by atoms with E-state index in [9.17, 15) is 4.79 Å². The Labute approximate surface area is 141 Å². The fourth-order valence-corrected chi connectivity index (χ4v) is 2.90. The smallest absolute Gasteiger partial charge is 0.252 e. The third kappa shape index (κ3) is 2.24. The fraction of sp³-hybridized carbons (Fsp3) is 0. The number of hydrogen-bond acceptors (Lipinski definition) is 3. The number of nitrogens with zero attached hydrogens (tertiary/aromatic N) is 3. The van der Waals surface area contributed by atoms with Gasteiger partial charge < -0.3 is 10.7 Å². The van der Waals surface area contributed by atoms with E-state index in [2.05, 4.69) is 15.1 Å². The maximum atomic E-state index is 11.9. The summed E-state index contributed by atoms with van der Waals surface area (Å²) in [6, 6.07) is 10.9. The van der Waals surface area contributed by atoms with Crippen LogP contribution in [0, 0.1) is 0 Å². The molecular formula is C17H12ClN5O. The van der Waals surface area contributed by atoms with E-state index in [4.69, 9.17) is 17.3 Å². The zero-order chi connectivity index (χ0) is 16.7. The molecule has 0 unspecified atom stereocenters. The van der Waals surface area contributed by atoms with Crippen LogP contribution in [0.15, 0.2) is 55.0 Å². The first-order valence-corrected chi connectivity index (χ1v) is 7.60. The van der Waals surface area contributed by atoms with Gasteiger partial charge >= 0.3 is 0 Å². The molecule has 0 saturated carbocycles. The molecule has 0 radical (unpaired) electrons. The van der Waals surface area contributed by atoms with Crippen molar-refractivity contribution in [3.8, 4) is 16.9 Å². The van der Waals surface area contributed by atoms with E-state index in [0.717, 1.165) is 16.7 Å². The van der Waals surface area contributed by atoms with Gasteiger partial charge in [0.1, 0.15) is 11.3 Å². The Morgan fingerprint density at radius 2 is 2.04 bits per heavy atom. The van der Waals surface area contributed by atoms with E-state index in [1.54, 1.807) is 35.4 Å². The summed E-state index contributed by atoms with van der Waals surface area (Å²) in [5, 5.41) is 5.95. The minimum atomic E-state index is -0.560. The SMILES string of the molecule is NC(=O)c1cn(-c2ccnc3[nH]ccc23)nc1-c1ccccc1Cl. The molecule has 24 heavy (non-hydrogen) atoms. The van der Waals surface area contributed by atoms with Gasteiger partial charge in [0.15, 0.2) is 0 Å². The molecule has 3 aromatic heterocycles. The van der Waals surface area contributed by atoms with Crippen LogP contribution in [0.25, 0.3) is 28.0 Å². The summed E-state index contributed by atoms with van der Waals surface area (Å²) >= 11 is 6.25. The Hall–Kier alpha value is -3.12. The molecule has 0 aliphatic rings. The summed E-state index contributed by atoms with van der Waals surface area (Å²) in [6.45, 7) is 0. The maximum absolute atomic E-state index is 11.9. The number of nitrogens with two attached hydrogens (primary N) is 1. The van der Waals surface area contributed by atoms with Crippen LogP contribution < -0.4 is 5.73 Å². The number of rotatable bonds is 3. The molecule has 0 bridgehead atoms. The number of fused-ring (bicyclic) bond motifs is 1. The standard InChI is InChI=1S/C17H12ClN5O/c18-13-4-2-1-3-10(13)15-12(16(19)24)9-23(22-15)14-6-8-21-17-11(14)5-7-20-17/h1-9H,(H2,19,24)(H,20,21). The third-order valence-corrected chi connectivity index (χ3v) is 4.12. The highest BCUT2D eigenvalue weighted by atomic mass is 35.5. The molecule has 0 atom stereocenters. The molecule has 4 rings (SSSR count). The van der Waals surface area contributed by atoms with Gasteiger partial charge in [0, 0.05) is 29.5 Å². The predicted molar refractivity (Wildman–Crippen MR) is 92.2 cm³/mol. The van der Waals surface area contributed by atoms with Gasteiger partial charge in [0.25, 0.3) is 5.91 Å². The summed E-state index contributed by atoms with van der Waals surface area (Å²) in [5.41, 5.74) is 8.48. The largest absolute Gasteiger partial charge is 0.365 e. The molecule has 1 aromatic carbocycles. The molecule has 4 aromatic rings. The Balaban J connectivity index is 1.96. The topological polar surface area (TPSA) is 89.6 Å². The van der Waals surface area contributed by atoms with Crippen molar-refractivity contribution in [3.05, 3.63) is 65.6 Å². The summed E-state index contributed by atoms with van der Waals surface area (Å²) in [5.74, 6) is -0.560. The van der Waals surface area contributed by atoms with Crippen LogP contribution in [-0.2, 0) is 0 Å². The Kier molecular flexibility index (Phi) is 3.32. The zero-order valence-corrected chi connectivity index (χ0v) is 13.2. The van der Waals surface area contributed by atoms with Crippen molar-refractivity contribution < 1.29 is 4.79 Å². The molecule has 0 aliphatic heterocycles. The third-order valence-electron chi connectivity index (χ3n) is 3.79. The van der Waals surface area contributed by atoms with Crippen LogP contribution in [0.4, 0.5) is 0 Å². The van der Waals surface area contributed by atoms with Gasteiger partial charge in [0.2, 0.25) is 0 Å². The van der Waals surface area contributed by atoms with Gasteiger partial charge in [-0.3, -0.25) is 4.79 Å². The van der Waals surface area contributed by atoms with E-state index >= 15 is 0 Å². The highest BCUT2D eigenvalue weighted by Crippen LogP contribution is 2.30. The number of aromatic amines is 1. The Morgan fingerprint density at radius 1 is 1.21 bits per heavy atom. The van der Waals surface area contributed by atoms with Crippen LogP contribution in [0.2, 0.25) is 5.02 Å². The minimum Gasteiger partial charge on any atom is -0.365 e. The van der Waals surface area contributed by atoms with Gasteiger partial charge in [0.05, 0.1) is 16.3 Å². The predicted octanol–water partition coefficient (Wildman–Crippen LogP) is 3.17. The second-order valence-electron chi connectivity index (χ2n) is 5.25. The lowest BCUT2D eigenvalue weighted by Gasteiger charge is -2.03. The van der Waals surface area contributed by atoms with Gasteiger partial charge in [-0.2, -0.15) is 5.10 Å². The summed E-state index contributed by atoms with van der Waals surface area (Å²) in [4.78, 5) is 19.2. The number of primary amides is 1. The molecule has 0 aliphatic carbocycles. The zero-order valence-electron chi connectivity index (χ0n) is 12.4. The van der Waals surface area contributed by atoms with Crippen LogP contribution in [0.3, 0.4) is 0 Å². The van der Waals surface area contributed by atoms with Gasteiger partial charge in [-0.15, -0.1) is 0 Å². The van der Waals surface area contributed by atoms with Crippen LogP contribution >= 0.6 is 11.6 Å². The van der Waals surface area contributed by atoms with Crippen LogP contribution in [0.1, 0.15) is 10.4 Å². The van der Waals surface area contributed by atoms with Crippen LogP contribution in [0.5, 0.6) is 0 Å². The van der Waals surface area contributed by atoms with Crippen LogP contribution in [-0.4, -0.2) is 25.7 Å². The number of pyridine rings is 1. The number of hydrogen-bond donors (Lipinski definition) is 2. The molecule has 3 N–H and O–H groups in total. The number of aromatic nitrogens is 4. The van der Waals surface area contributed by atoms with Crippen molar-refractivity contribution >= 4 is 28.5 Å². The van der Waals surface area contributed by atoms with Crippen molar-refractivity contribution in [2.45, 2.75) is 0 Å². The number of carbonyl (C=O) groups is 1. The molecule has 0 saturated heterocycles. The molecule has 118 valence electrons. The second-order valence-corrected chi connectivity index (χ2v) is 5.66. The number of nitrogens with one attached hydrogen (secondary N) is 1. The van der Waals surface area contributed by atoms with Crippen molar-refractivity contribution in [1.29, 1.82) is 0 Å². The monoisotopic (exact) mass is 337 g/mol. The molecular weight excluding hydrogens is 326 g/mol. The summed E-state index contributed by atoms with van der Waals surface area (Å²) in [6.07, 6.45) is 5.09. The summed E-state index contributed by atoms with van der Waals surface area (Å²) < 4.78 is 1.62. The average molecular weight is 338 g/mol. The highest BCUT2D eigenvalue weighted by molar-refractivity contribution is 6.33. The maximum Gasteiger partial charge on any atom is 0.252 e. The molecule has 6 nitrogen and oxygen atoms in total. The normalized spacial score (nSPS) is 11.0. The van der Waals surface area contributed by atoms with Gasteiger partial charge in [-0.1, -0.05) is 29.8 Å². The van der Waals surface area contributed by atoms with E-state index in [-0.39, 0.29) is 0 Å². The number of carbonyl (C=O) groups excluding carboxylic acids is 1. The highest BCUT2D eigenvalue weighted by Gasteiger charge is 2.19. The quantitative estimate of drug-likeness (QED) is 0.601. The lowest BCUT2D eigenvalue weighted by molar-refractivity contribution is 0.100. The van der Waals surface area contributed by atoms with Gasteiger partial charge in [-0.25, -0.2) is 9.67 Å². The van der Waals surface area contributed by atoms with Crippen molar-refractivity contribution in [3.63, 3.8) is 0 Å². The van der Waals surface area contributed by atoms with E-state index in [1.165, 1.54) is 0 Å². The van der Waals surface area contributed by atoms with E-state index in [1.807, 2.05) is 24.3 Å². The first-order valence-electron chi connectivity index (χ1n) is 7.22. The number of amides is 1. The lowest BCUT2D eigenvalue weighted by atomic mass is 10.1. The van der Waals surface area contributed by atoms with Crippen molar-refractivity contribution in [2.75, 3.05) is 0 Å². The number of halogens is 1.